The molecule has 3 atom stereocenters. The molecule has 0 bridgehead atoms. The number of anilines is 1. The van der Waals surface area contributed by atoms with Crippen LogP contribution in [0.5, 0.6) is 0 Å². The Labute approximate surface area is 193 Å². The minimum Gasteiger partial charge on any atom is -0.336 e. The second-order valence-electron chi connectivity index (χ2n) is 10.3. The van der Waals surface area contributed by atoms with E-state index in [-0.39, 0.29) is 12.1 Å². The Kier molecular flexibility index (Phi) is 5.98. The van der Waals surface area contributed by atoms with Crippen molar-refractivity contribution in [3.8, 4) is 0 Å². The van der Waals surface area contributed by atoms with Crippen LogP contribution in [0.1, 0.15) is 63.9 Å². The summed E-state index contributed by atoms with van der Waals surface area (Å²) in [7, 11) is 0. The van der Waals surface area contributed by atoms with Crippen molar-refractivity contribution in [2.24, 2.45) is 5.92 Å². The number of rotatable bonds is 4. The lowest BCUT2D eigenvalue weighted by atomic mass is 9.77. The third kappa shape index (κ3) is 3.73. The van der Waals surface area contributed by atoms with Gasteiger partial charge in [0.1, 0.15) is 11.7 Å². The van der Waals surface area contributed by atoms with E-state index in [1.807, 2.05) is 0 Å². The second-order valence-corrected chi connectivity index (χ2v) is 10.3. The van der Waals surface area contributed by atoms with E-state index in [4.69, 9.17) is 0 Å². The van der Waals surface area contributed by atoms with Crippen LogP contribution in [-0.4, -0.2) is 41.6 Å². The molecule has 1 amide bonds. The van der Waals surface area contributed by atoms with Crippen LogP contribution in [0.2, 0.25) is 0 Å². The SMILES string of the molecule is CC(C)C1NC(=O)C2(CCN(C3CCCCC3c3ccccc3)CC2)N1c1ccccc1. The van der Waals surface area contributed by atoms with Crippen molar-refractivity contribution in [2.45, 2.75) is 76.0 Å². The number of para-hydroxylation sites is 1. The largest absolute Gasteiger partial charge is 0.336 e. The molecule has 2 heterocycles. The van der Waals surface area contributed by atoms with Gasteiger partial charge in [-0.2, -0.15) is 0 Å². The van der Waals surface area contributed by atoms with Crippen molar-refractivity contribution in [3.05, 3.63) is 66.2 Å². The number of likely N-dealkylation sites (tertiary alicyclic amines) is 1. The molecule has 1 N–H and O–H groups in total. The molecule has 2 aromatic carbocycles. The maximum absolute atomic E-state index is 13.4. The Bertz CT molecular complexity index is 905. The van der Waals surface area contributed by atoms with E-state index in [0.29, 0.717) is 17.9 Å². The fraction of sp³-hybridized carbons (Fsp3) is 0.536. The first-order valence-electron chi connectivity index (χ1n) is 12.5. The standard InChI is InChI=1S/C28H37N3O/c1-21(2)26-29-27(32)28(31(26)23-13-7-4-8-14-23)17-19-30(20-18-28)25-16-10-9-15-24(25)22-11-5-3-6-12-22/h3-8,11-14,21,24-26H,9-10,15-20H2,1-2H3,(H,29,32). The third-order valence-electron chi connectivity index (χ3n) is 8.16. The summed E-state index contributed by atoms with van der Waals surface area (Å²) < 4.78 is 0. The van der Waals surface area contributed by atoms with E-state index in [2.05, 4.69) is 89.6 Å². The van der Waals surface area contributed by atoms with Crippen molar-refractivity contribution in [2.75, 3.05) is 18.0 Å². The minimum absolute atomic E-state index is 0.0585. The van der Waals surface area contributed by atoms with E-state index >= 15 is 0 Å². The lowest BCUT2D eigenvalue weighted by Crippen LogP contribution is -2.59. The predicted octanol–water partition coefficient (Wildman–Crippen LogP) is 5.17. The average molecular weight is 432 g/mol. The molecule has 3 unspecified atom stereocenters. The van der Waals surface area contributed by atoms with Crippen molar-refractivity contribution in [1.29, 1.82) is 0 Å². The summed E-state index contributed by atoms with van der Waals surface area (Å²) in [6.07, 6.45) is 7.06. The first-order chi connectivity index (χ1) is 15.6. The highest BCUT2D eigenvalue weighted by Crippen LogP contribution is 2.43. The first kappa shape index (κ1) is 21.5. The van der Waals surface area contributed by atoms with Gasteiger partial charge in [0.2, 0.25) is 5.91 Å². The van der Waals surface area contributed by atoms with Gasteiger partial charge in [0.15, 0.2) is 0 Å². The van der Waals surface area contributed by atoms with Gasteiger partial charge in [-0.25, -0.2) is 0 Å². The summed E-state index contributed by atoms with van der Waals surface area (Å²) in [5.74, 6) is 1.20. The van der Waals surface area contributed by atoms with Crippen LogP contribution >= 0.6 is 0 Å². The summed E-state index contributed by atoms with van der Waals surface area (Å²) in [6, 6.07) is 22.3. The Hall–Kier alpha value is -2.33. The van der Waals surface area contributed by atoms with Gasteiger partial charge in [-0.15, -0.1) is 0 Å². The topological polar surface area (TPSA) is 35.6 Å². The molecule has 3 aliphatic rings. The van der Waals surface area contributed by atoms with Gasteiger partial charge in [0.05, 0.1) is 0 Å². The van der Waals surface area contributed by atoms with E-state index in [0.717, 1.165) is 31.6 Å². The number of benzene rings is 2. The number of carbonyl (C=O) groups excluding carboxylic acids is 1. The zero-order valence-corrected chi connectivity index (χ0v) is 19.5. The van der Waals surface area contributed by atoms with Gasteiger partial charge >= 0.3 is 0 Å². The fourth-order valence-electron chi connectivity index (χ4n) is 6.50. The summed E-state index contributed by atoms with van der Waals surface area (Å²) in [5, 5.41) is 3.36. The van der Waals surface area contributed by atoms with Crippen LogP contribution in [0, 0.1) is 5.92 Å². The number of carbonyl (C=O) groups is 1. The molecule has 0 aromatic heterocycles. The van der Waals surface area contributed by atoms with E-state index < -0.39 is 5.54 Å². The Balaban J connectivity index is 1.39. The molecular formula is C28H37N3O. The average Bonchev–Trinajstić information content (AvgIpc) is 3.12. The summed E-state index contributed by atoms with van der Waals surface area (Å²) >= 11 is 0. The van der Waals surface area contributed by atoms with E-state index in [1.165, 1.54) is 31.2 Å². The van der Waals surface area contributed by atoms with Gasteiger partial charge < -0.3 is 10.2 Å². The van der Waals surface area contributed by atoms with Gasteiger partial charge in [-0.1, -0.05) is 75.2 Å². The summed E-state index contributed by atoms with van der Waals surface area (Å²) in [4.78, 5) is 18.6. The van der Waals surface area contributed by atoms with Crippen LogP contribution in [0.15, 0.2) is 60.7 Å². The van der Waals surface area contributed by atoms with Crippen molar-refractivity contribution >= 4 is 11.6 Å². The molecule has 1 saturated carbocycles. The Morgan fingerprint density at radius 2 is 1.53 bits per heavy atom. The molecule has 2 aliphatic heterocycles. The molecule has 32 heavy (non-hydrogen) atoms. The smallest absolute Gasteiger partial charge is 0.247 e. The van der Waals surface area contributed by atoms with Crippen LogP contribution in [0.4, 0.5) is 5.69 Å². The summed E-state index contributed by atoms with van der Waals surface area (Å²) in [5.41, 5.74) is 2.23. The third-order valence-corrected chi connectivity index (χ3v) is 8.16. The van der Waals surface area contributed by atoms with Gasteiger partial charge in [-0.3, -0.25) is 9.69 Å². The lowest BCUT2D eigenvalue weighted by molar-refractivity contribution is -0.125. The maximum atomic E-state index is 13.4. The molecule has 0 radical (unpaired) electrons. The van der Waals surface area contributed by atoms with Gasteiger partial charge in [0.25, 0.3) is 0 Å². The first-order valence-corrected chi connectivity index (χ1v) is 12.5. The Morgan fingerprint density at radius 3 is 2.19 bits per heavy atom. The van der Waals surface area contributed by atoms with E-state index in [1.54, 1.807) is 0 Å². The number of hydrogen-bond acceptors (Lipinski definition) is 3. The van der Waals surface area contributed by atoms with Crippen LogP contribution in [0.25, 0.3) is 0 Å². The molecule has 4 heteroatoms. The van der Waals surface area contributed by atoms with Crippen molar-refractivity contribution in [1.82, 2.24) is 10.2 Å². The van der Waals surface area contributed by atoms with Crippen LogP contribution in [0.3, 0.4) is 0 Å². The number of amides is 1. The highest BCUT2D eigenvalue weighted by atomic mass is 16.2. The van der Waals surface area contributed by atoms with Crippen molar-refractivity contribution < 1.29 is 4.79 Å². The molecule has 4 nitrogen and oxygen atoms in total. The lowest BCUT2D eigenvalue weighted by Gasteiger charge is -2.49. The molecule has 2 saturated heterocycles. The zero-order chi connectivity index (χ0) is 22.1. The van der Waals surface area contributed by atoms with Crippen molar-refractivity contribution in [3.63, 3.8) is 0 Å². The predicted molar refractivity (Wildman–Crippen MR) is 131 cm³/mol. The number of hydrogen-bond donors (Lipinski definition) is 1. The highest BCUT2D eigenvalue weighted by Gasteiger charge is 2.55. The van der Waals surface area contributed by atoms with Crippen LogP contribution in [-0.2, 0) is 4.79 Å². The molecular weight excluding hydrogens is 394 g/mol. The zero-order valence-electron chi connectivity index (χ0n) is 19.5. The number of nitrogens with one attached hydrogen (secondary N) is 1. The molecule has 1 aliphatic carbocycles. The quantitative estimate of drug-likeness (QED) is 0.726. The molecule has 5 rings (SSSR count). The van der Waals surface area contributed by atoms with Gasteiger partial charge in [-0.05, 0) is 55.2 Å². The summed E-state index contributed by atoms with van der Waals surface area (Å²) in [6.45, 7) is 6.41. The number of nitrogens with zero attached hydrogens (tertiary/aromatic N) is 2. The monoisotopic (exact) mass is 431 g/mol. The highest BCUT2D eigenvalue weighted by molar-refractivity contribution is 5.94. The second kappa shape index (κ2) is 8.90. The molecule has 170 valence electrons. The molecule has 2 aromatic rings. The molecule has 1 spiro atoms. The number of piperidine rings is 1. The molecule has 3 fully saturated rings. The fourth-order valence-corrected chi connectivity index (χ4v) is 6.50. The minimum atomic E-state index is -0.427. The normalized spacial score (nSPS) is 28.3. The van der Waals surface area contributed by atoms with Gasteiger partial charge in [0, 0.05) is 24.8 Å². The maximum Gasteiger partial charge on any atom is 0.247 e. The van der Waals surface area contributed by atoms with Crippen LogP contribution < -0.4 is 10.2 Å². The van der Waals surface area contributed by atoms with E-state index in [9.17, 15) is 4.79 Å². The Morgan fingerprint density at radius 1 is 0.906 bits per heavy atom.